The number of aromatic nitrogens is 2. The maximum absolute atomic E-state index is 13.1. The molecular formula is C13H12FN3. The van der Waals surface area contributed by atoms with Gasteiger partial charge in [-0.15, -0.1) is 0 Å². The summed E-state index contributed by atoms with van der Waals surface area (Å²) in [6.45, 7) is 1.76. The van der Waals surface area contributed by atoms with Gasteiger partial charge < -0.3 is 5.32 Å². The van der Waals surface area contributed by atoms with Crippen LogP contribution in [-0.2, 0) is 13.0 Å². The molecule has 1 N–H and O–H groups in total. The van der Waals surface area contributed by atoms with Gasteiger partial charge in [0.15, 0.2) is 0 Å². The first-order chi connectivity index (χ1) is 8.33. The molecule has 0 spiro atoms. The molecule has 1 aliphatic heterocycles. The quantitative estimate of drug-likeness (QED) is 0.812. The van der Waals surface area contributed by atoms with Crippen molar-refractivity contribution in [3.63, 3.8) is 0 Å². The Kier molecular flexibility index (Phi) is 2.57. The molecule has 17 heavy (non-hydrogen) atoms. The molecule has 86 valence electrons. The molecule has 0 bridgehead atoms. The summed E-state index contributed by atoms with van der Waals surface area (Å²) in [6, 6.07) is 8.42. The van der Waals surface area contributed by atoms with Gasteiger partial charge in [-0.3, -0.25) is 0 Å². The van der Waals surface area contributed by atoms with E-state index in [-0.39, 0.29) is 5.82 Å². The van der Waals surface area contributed by atoms with E-state index in [4.69, 9.17) is 0 Å². The molecule has 4 heteroatoms. The van der Waals surface area contributed by atoms with E-state index >= 15 is 0 Å². The molecular weight excluding hydrogens is 217 g/mol. The van der Waals surface area contributed by atoms with Crippen LogP contribution in [-0.4, -0.2) is 16.7 Å². The lowest BCUT2D eigenvalue weighted by atomic mass is 10.0. The van der Waals surface area contributed by atoms with Crippen molar-refractivity contribution in [1.29, 1.82) is 0 Å². The van der Waals surface area contributed by atoms with Crippen LogP contribution in [0.1, 0.15) is 11.3 Å². The summed E-state index contributed by atoms with van der Waals surface area (Å²) in [6.07, 6.45) is 0.908. The third-order valence-corrected chi connectivity index (χ3v) is 2.93. The van der Waals surface area contributed by atoms with Gasteiger partial charge in [0, 0.05) is 25.1 Å². The highest BCUT2D eigenvalue weighted by atomic mass is 19.1. The fraction of sp³-hybridized carbons (Fsp3) is 0.231. The molecule has 0 saturated heterocycles. The smallest absolute Gasteiger partial charge is 0.123 e. The maximum atomic E-state index is 13.1. The summed E-state index contributed by atoms with van der Waals surface area (Å²) < 4.78 is 13.1. The van der Waals surface area contributed by atoms with Crippen LogP contribution in [0.4, 0.5) is 4.39 Å². The number of fused-ring (bicyclic) bond motifs is 1. The van der Waals surface area contributed by atoms with Crippen molar-refractivity contribution in [2.45, 2.75) is 13.0 Å². The zero-order chi connectivity index (χ0) is 11.7. The summed E-state index contributed by atoms with van der Waals surface area (Å²) in [5.74, 6) is -0.250. The van der Waals surface area contributed by atoms with Gasteiger partial charge in [0.2, 0.25) is 0 Å². The van der Waals surface area contributed by atoms with Crippen molar-refractivity contribution in [2.24, 2.45) is 0 Å². The Morgan fingerprint density at radius 3 is 3.00 bits per heavy atom. The molecule has 1 aromatic carbocycles. The number of hydrogen-bond acceptors (Lipinski definition) is 3. The Balaban J connectivity index is 2.04. The van der Waals surface area contributed by atoms with E-state index < -0.39 is 0 Å². The second-order valence-electron chi connectivity index (χ2n) is 4.14. The lowest BCUT2D eigenvalue weighted by Crippen LogP contribution is -2.24. The standard InChI is InChI=1S/C13H12FN3/c14-11-3-1-2-9(6-11)13-7-10-8-15-5-4-12(10)16-17-13/h1-3,6-7,15H,4-5,8H2. The summed E-state index contributed by atoms with van der Waals surface area (Å²) in [7, 11) is 0. The number of halogens is 1. The van der Waals surface area contributed by atoms with Crippen molar-refractivity contribution in [2.75, 3.05) is 6.54 Å². The first kappa shape index (κ1) is 10.4. The fourth-order valence-electron chi connectivity index (χ4n) is 2.04. The van der Waals surface area contributed by atoms with Crippen molar-refractivity contribution in [1.82, 2.24) is 15.5 Å². The number of hydrogen-bond donors (Lipinski definition) is 1. The predicted molar refractivity (Wildman–Crippen MR) is 62.8 cm³/mol. The van der Waals surface area contributed by atoms with E-state index in [1.807, 2.05) is 12.1 Å². The molecule has 3 rings (SSSR count). The highest BCUT2D eigenvalue weighted by Gasteiger charge is 2.12. The van der Waals surface area contributed by atoms with Gasteiger partial charge in [-0.25, -0.2) is 4.39 Å². The molecule has 0 radical (unpaired) electrons. The van der Waals surface area contributed by atoms with Gasteiger partial charge in [0.25, 0.3) is 0 Å². The van der Waals surface area contributed by atoms with Crippen molar-refractivity contribution >= 4 is 0 Å². The van der Waals surface area contributed by atoms with E-state index in [0.717, 1.165) is 42.0 Å². The van der Waals surface area contributed by atoms with E-state index in [1.165, 1.54) is 12.1 Å². The highest BCUT2D eigenvalue weighted by molar-refractivity contribution is 5.59. The van der Waals surface area contributed by atoms with Crippen LogP contribution < -0.4 is 5.32 Å². The van der Waals surface area contributed by atoms with Gasteiger partial charge in [-0.2, -0.15) is 10.2 Å². The lowest BCUT2D eigenvalue weighted by molar-refractivity contribution is 0.620. The molecule has 0 saturated carbocycles. The molecule has 2 heterocycles. The molecule has 1 aromatic heterocycles. The van der Waals surface area contributed by atoms with Crippen LogP contribution in [0.5, 0.6) is 0 Å². The normalized spacial score (nSPS) is 14.4. The number of benzene rings is 1. The third-order valence-electron chi connectivity index (χ3n) is 2.93. The monoisotopic (exact) mass is 229 g/mol. The molecule has 0 atom stereocenters. The van der Waals surface area contributed by atoms with Crippen molar-refractivity contribution in [3.05, 3.63) is 47.4 Å². The molecule has 0 unspecified atom stereocenters. The average Bonchev–Trinajstić information content (AvgIpc) is 2.38. The topological polar surface area (TPSA) is 37.8 Å². The molecule has 1 aliphatic rings. The van der Waals surface area contributed by atoms with E-state index in [2.05, 4.69) is 15.5 Å². The average molecular weight is 229 g/mol. The zero-order valence-corrected chi connectivity index (χ0v) is 9.28. The minimum absolute atomic E-state index is 0.250. The highest BCUT2D eigenvalue weighted by Crippen LogP contribution is 2.20. The number of rotatable bonds is 1. The fourth-order valence-corrected chi connectivity index (χ4v) is 2.04. The first-order valence-corrected chi connectivity index (χ1v) is 5.65. The predicted octanol–water partition coefficient (Wildman–Crippen LogP) is 1.93. The molecule has 2 aromatic rings. The van der Waals surface area contributed by atoms with Crippen LogP contribution in [0.3, 0.4) is 0 Å². The summed E-state index contributed by atoms with van der Waals surface area (Å²) in [5, 5.41) is 11.7. The molecule has 0 amide bonds. The minimum Gasteiger partial charge on any atom is -0.312 e. The van der Waals surface area contributed by atoms with Gasteiger partial charge >= 0.3 is 0 Å². The molecule has 0 aliphatic carbocycles. The Hall–Kier alpha value is -1.81. The Bertz CT molecular complexity index is 554. The van der Waals surface area contributed by atoms with Crippen LogP contribution in [0.2, 0.25) is 0 Å². The Morgan fingerprint density at radius 2 is 2.12 bits per heavy atom. The van der Waals surface area contributed by atoms with Gasteiger partial charge in [-0.1, -0.05) is 12.1 Å². The summed E-state index contributed by atoms with van der Waals surface area (Å²) in [5.41, 5.74) is 3.70. The SMILES string of the molecule is Fc1cccc(-c2cc3c(nn2)CCNC3)c1. The second kappa shape index (κ2) is 4.22. The molecule has 0 fully saturated rings. The Morgan fingerprint density at radius 1 is 1.18 bits per heavy atom. The summed E-state index contributed by atoms with van der Waals surface area (Å²) >= 11 is 0. The van der Waals surface area contributed by atoms with Gasteiger partial charge in [0.05, 0.1) is 11.4 Å². The van der Waals surface area contributed by atoms with Crippen molar-refractivity contribution < 1.29 is 4.39 Å². The zero-order valence-electron chi connectivity index (χ0n) is 9.28. The van der Waals surface area contributed by atoms with Crippen LogP contribution >= 0.6 is 0 Å². The number of nitrogens with one attached hydrogen (secondary N) is 1. The second-order valence-corrected chi connectivity index (χ2v) is 4.14. The largest absolute Gasteiger partial charge is 0.312 e. The Labute approximate surface area is 98.7 Å². The minimum atomic E-state index is -0.250. The van der Waals surface area contributed by atoms with E-state index in [9.17, 15) is 4.39 Å². The summed E-state index contributed by atoms with van der Waals surface area (Å²) in [4.78, 5) is 0. The van der Waals surface area contributed by atoms with Gasteiger partial charge in [-0.05, 0) is 23.8 Å². The van der Waals surface area contributed by atoms with E-state index in [1.54, 1.807) is 6.07 Å². The van der Waals surface area contributed by atoms with Crippen LogP contribution in [0.25, 0.3) is 11.3 Å². The van der Waals surface area contributed by atoms with Crippen LogP contribution in [0.15, 0.2) is 30.3 Å². The lowest BCUT2D eigenvalue weighted by Gasteiger charge is -2.15. The van der Waals surface area contributed by atoms with Crippen molar-refractivity contribution in [3.8, 4) is 11.3 Å². The van der Waals surface area contributed by atoms with E-state index in [0.29, 0.717) is 0 Å². The third kappa shape index (κ3) is 2.03. The number of nitrogens with zero attached hydrogens (tertiary/aromatic N) is 2. The first-order valence-electron chi connectivity index (χ1n) is 5.65. The molecule has 3 nitrogen and oxygen atoms in total. The van der Waals surface area contributed by atoms with Crippen LogP contribution in [0, 0.1) is 5.82 Å². The van der Waals surface area contributed by atoms with Gasteiger partial charge in [0.1, 0.15) is 5.82 Å². The maximum Gasteiger partial charge on any atom is 0.123 e.